The molecule has 0 bridgehead atoms. The molecular weight excluding hydrogens is 320 g/mol. The van der Waals surface area contributed by atoms with E-state index in [2.05, 4.69) is 45.1 Å². The fourth-order valence-electron chi connectivity index (χ4n) is 2.74. The molecule has 1 aliphatic heterocycles. The van der Waals surface area contributed by atoms with Crippen molar-refractivity contribution >= 4 is 27.8 Å². The molecule has 0 aromatic carbocycles. The summed E-state index contributed by atoms with van der Waals surface area (Å²) in [5.41, 5.74) is 0. The normalized spacial score (nSPS) is 23.4. The fraction of sp³-hybridized carbons (Fsp3) is 0.571. The van der Waals surface area contributed by atoms with Gasteiger partial charge in [-0.25, -0.2) is 9.78 Å². The van der Waals surface area contributed by atoms with Crippen LogP contribution in [0.3, 0.4) is 0 Å². The van der Waals surface area contributed by atoms with Crippen LogP contribution in [-0.4, -0.2) is 54.0 Å². The lowest BCUT2D eigenvalue weighted by atomic mass is 9.93. The SMILES string of the molecule is CC1CN(C)CCC1N(C)C(=O)Nc1cc(Br)ccn1. The molecule has 0 radical (unpaired) electrons. The number of halogens is 1. The standard InChI is InChI=1S/C14H21BrN4O/c1-10-9-18(2)7-5-12(10)19(3)14(20)17-13-8-11(15)4-6-16-13/h4,6,8,10,12H,5,7,9H2,1-3H3,(H,16,17,20). The van der Waals surface area contributed by atoms with Crippen molar-refractivity contribution in [3.05, 3.63) is 22.8 Å². The van der Waals surface area contributed by atoms with E-state index >= 15 is 0 Å². The molecule has 2 unspecified atom stereocenters. The number of piperidine rings is 1. The van der Waals surface area contributed by atoms with E-state index in [9.17, 15) is 4.79 Å². The molecule has 20 heavy (non-hydrogen) atoms. The van der Waals surface area contributed by atoms with E-state index in [1.165, 1.54) is 0 Å². The Morgan fingerprint density at radius 1 is 1.60 bits per heavy atom. The van der Waals surface area contributed by atoms with Crippen LogP contribution < -0.4 is 5.32 Å². The number of rotatable bonds is 2. The quantitative estimate of drug-likeness (QED) is 0.900. The van der Waals surface area contributed by atoms with Gasteiger partial charge in [-0.15, -0.1) is 0 Å². The van der Waals surface area contributed by atoms with E-state index in [1.807, 2.05) is 13.1 Å². The summed E-state index contributed by atoms with van der Waals surface area (Å²) in [5.74, 6) is 1.04. The molecule has 1 fully saturated rings. The summed E-state index contributed by atoms with van der Waals surface area (Å²) in [6, 6.07) is 3.80. The summed E-state index contributed by atoms with van der Waals surface area (Å²) in [6.45, 7) is 4.25. The van der Waals surface area contributed by atoms with Gasteiger partial charge in [-0.3, -0.25) is 5.32 Å². The van der Waals surface area contributed by atoms with Crippen LogP contribution in [0.4, 0.5) is 10.6 Å². The topological polar surface area (TPSA) is 48.5 Å². The average molecular weight is 341 g/mol. The van der Waals surface area contributed by atoms with E-state index in [4.69, 9.17) is 0 Å². The molecule has 1 N–H and O–H groups in total. The molecular formula is C14H21BrN4O. The Morgan fingerprint density at radius 2 is 2.35 bits per heavy atom. The maximum Gasteiger partial charge on any atom is 0.323 e. The molecule has 110 valence electrons. The van der Waals surface area contributed by atoms with Crippen molar-refractivity contribution < 1.29 is 4.79 Å². The van der Waals surface area contributed by atoms with Crippen LogP contribution in [0.15, 0.2) is 22.8 Å². The van der Waals surface area contributed by atoms with Gasteiger partial charge in [0.25, 0.3) is 0 Å². The van der Waals surface area contributed by atoms with Gasteiger partial charge in [-0.05, 0) is 38.1 Å². The van der Waals surface area contributed by atoms with Gasteiger partial charge in [-0.1, -0.05) is 22.9 Å². The monoisotopic (exact) mass is 340 g/mol. The van der Waals surface area contributed by atoms with Gasteiger partial charge >= 0.3 is 6.03 Å². The van der Waals surface area contributed by atoms with Crippen molar-refractivity contribution in [2.75, 3.05) is 32.5 Å². The second kappa shape index (κ2) is 6.54. The second-order valence-electron chi connectivity index (χ2n) is 5.50. The van der Waals surface area contributed by atoms with E-state index in [-0.39, 0.29) is 12.1 Å². The lowest BCUT2D eigenvalue weighted by Gasteiger charge is -2.39. The van der Waals surface area contributed by atoms with Gasteiger partial charge in [0.05, 0.1) is 0 Å². The highest BCUT2D eigenvalue weighted by Gasteiger charge is 2.29. The molecule has 0 saturated carbocycles. The maximum atomic E-state index is 12.3. The van der Waals surface area contributed by atoms with Crippen LogP contribution in [0.2, 0.25) is 0 Å². The van der Waals surface area contributed by atoms with Gasteiger partial charge in [0.1, 0.15) is 5.82 Å². The Labute approximate surface area is 128 Å². The highest BCUT2D eigenvalue weighted by Crippen LogP contribution is 2.21. The van der Waals surface area contributed by atoms with Crippen LogP contribution in [0, 0.1) is 5.92 Å². The van der Waals surface area contributed by atoms with E-state index in [1.54, 1.807) is 17.2 Å². The zero-order valence-corrected chi connectivity index (χ0v) is 13.7. The summed E-state index contributed by atoms with van der Waals surface area (Å²) >= 11 is 3.37. The molecule has 0 spiro atoms. The Kier molecular flexibility index (Phi) is 4.99. The molecule has 2 heterocycles. The molecule has 1 saturated heterocycles. The van der Waals surface area contributed by atoms with Crippen LogP contribution in [0.1, 0.15) is 13.3 Å². The first-order valence-electron chi connectivity index (χ1n) is 6.81. The number of likely N-dealkylation sites (tertiary alicyclic amines) is 1. The molecule has 5 nitrogen and oxygen atoms in total. The fourth-order valence-corrected chi connectivity index (χ4v) is 3.07. The minimum absolute atomic E-state index is 0.1000. The van der Waals surface area contributed by atoms with Crippen molar-refractivity contribution in [3.63, 3.8) is 0 Å². The van der Waals surface area contributed by atoms with Crippen molar-refractivity contribution in [3.8, 4) is 0 Å². The third-order valence-electron chi connectivity index (χ3n) is 3.84. The Bertz CT molecular complexity index is 482. The number of hydrogen-bond acceptors (Lipinski definition) is 3. The molecule has 2 rings (SSSR count). The third-order valence-corrected chi connectivity index (χ3v) is 4.33. The van der Waals surface area contributed by atoms with Crippen LogP contribution in [0.25, 0.3) is 0 Å². The van der Waals surface area contributed by atoms with Gasteiger partial charge in [0.2, 0.25) is 0 Å². The second-order valence-corrected chi connectivity index (χ2v) is 6.41. The van der Waals surface area contributed by atoms with E-state index in [0.29, 0.717) is 11.7 Å². The molecule has 2 amide bonds. The van der Waals surface area contributed by atoms with Crippen molar-refractivity contribution in [2.45, 2.75) is 19.4 Å². The number of nitrogens with zero attached hydrogens (tertiary/aromatic N) is 3. The summed E-state index contributed by atoms with van der Waals surface area (Å²) in [7, 11) is 3.98. The number of nitrogens with one attached hydrogen (secondary N) is 1. The Balaban J connectivity index is 1.98. The summed E-state index contributed by atoms with van der Waals surface area (Å²) in [4.78, 5) is 20.6. The first-order chi connectivity index (χ1) is 9.47. The number of amides is 2. The minimum atomic E-state index is -0.1000. The summed E-state index contributed by atoms with van der Waals surface area (Å²) in [6.07, 6.45) is 2.67. The predicted molar refractivity (Wildman–Crippen MR) is 83.8 cm³/mol. The number of carbonyl (C=O) groups excluding carboxylic acids is 1. The molecule has 2 atom stereocenters. The highest BCUT2D eigenvalue weighted by molar-refractivity contribution is 9.10. The lowest BCUT2D eigenvalue weighted by Crippen LogP contribution is -2.50. The number of carbonyl (C=O) groups is 1. The average Bonchev–Trinajstić information content (AvgIpc) is 2.38. The molecule has 1 aliphatic rings. The third kappa shape index (κ3) is 3.70. The molecule has 6 heteroatoms. The number of aromatic nitrogens is 1. The number of anilines is 1. The zero-order chi connectivity index (χ0) is 14.7. The van der Waals surface area contributed by atoms with Gasteiger partial charge in [-0.2, -0.15) is 0 Å². The van der Waals surface area contributed by atoms with Crippen molar-refractivity contribution in [2.24, 2.45) is 5.92 Å². The van der Waals surface area contributed by atoms with E-state index < -0.39 is 0 Å². The van der Waals surface area contributed by atoms with Crippen molar-refractivity contribution in [1.82, 2.24) is 14.8 Å². The first kappa shape index (κ1) is 15.3. The summed E-state index contributed by atoms with van der Waals surface area (Å²) < 4.78 is 0.901. The smallest absolute Gasteiger partial charge is 0.323 e. The van der Waals surface area contributed by atoms with Gasteiger partial charge < -0.3 is 9.80 Å². The van der Waals surface area contributed by atoms with Crippen LogP contribution in [0.5, 0.6) is 0 Å². The highest BCUT2D eigenvalue weighted by atomic mass is 79.9. The molecule has 1 aromatic heterocycles. The maximum absolute atomic E-state index is 12.3. The molecule has 1 aromatic rings. The van der Waals surface area contributed by atoms with Gasteiger partial charge in [0, 0.05) is 30.3 Å². The van der Waals surface area contributed by atoms with Crippen LogP contribution in [-0.2, 0) is 0 Å². The van der Waals surface area contributed by atoms with Crippen molar-refractivity contribution in [1.29, 1.82) is 0 Å². The lowest BCUT2D eigenvalue weighted by molar-refractivity contribution is 0.113. The number of pyridine rings is 1. The predicted octanol–water partition coefficient (Wildman–Crippen LogP) is 2.65. The number of hydrogen-bond donors (Lipinski definition) is 1. The summed E-state index contributed by atoms with van der Waals surface area (Å²) in [5, 5.41) is 2.84. The first-order valence-corrected chi connectivity index (χ1v) is 7.60. The zero-order valence-electron chi connectivity index (χ0n) is 12.1. The van der Waals surface area contributed by atoms with Gasteiger partial charge in [0.15, 0.2) is 0 Å². The largest absolute Gasteiger partial charge is 0.324 e. The number of urea groups is 1. The van der Waals surface area contributed by atoms with E-state index in [0.717, 1.165) is 24.0 Å². The molecule has 0 aliphatic carbocycles. The Morgan fingerprint density at radius 3 is 3.00 bits per heavy atom. The van der Waals surface area contributed by atoms with Crippen LogP contribution >= 0.6 is 15.9 Å². The minimum Gasteiger partial charge on any atom is -0.324 e. The Hall–Kier alpha value is -1.14.